The number of hydrogen-bond donors (Lipinski definition) is 1. The summed E-state index contributed by atoms with van der Waals surface area (Å²) in [6.07, 6.45) is 0.801. The van der Waals surface area contributed by atoms with Gasteiger partial charge >= 0.3 is 5.97 Å². The molecule has 1 N–H and O–H groups in total. The Bertz CT molecular complexity index is 825. The topological polar surface area (TPSA) is 67.9 Å². The highest BCUT2D eigenvalue weighted by Crippen LogP contribution is 2.42. The lowest BCUT2D eigenvalue weighted by atomic mass is 10.0. The molecule has 152 valence electrons. The molecule has 0 bridgehead atoms. The van der Waals surface area contributed by atoms with Gasteiger partial charge in [0.25, 0.3) is 0 Å². The number of rotatable bonds is 7. The number of halogens is 2. The van der Waals surface area contributed by atoms with E-state index in [1.807, 2.05) is 13.8 Å². The van der Waals surface area contributed by atoms with Crippen molar-refractivity contribution < 1.29 is 27.8 Å². The van der Waals surface area contributed by atoms with Gasteiger partial charge in [-0.1, -0.05) is 6.92 Å². The number of ketones is 1. The second kappa shape index (κ2) is 8.16. The second-order valence-corrected chi connectivity index (χ2v) is 6.84. The summed E-state index contributed by atoms with van der Waals surface area (Å²) in [5, 5.41) is 3.07. The molecular formula is C20H24F2N2O4. The van der Waals surface area contributed by atoms with Crippen LogP contribution in [0.1, 0.15) is 40.0 Å². The van der Waals surface area contributed by atoms with Gasteiger partial charge in [0.2, 0.25) is 0 Å². The Labute approximate surface area is 162 Å². The monoisotopic (exact) mass is 394 g/mol. The number of benzene rings is 1. The number of carbonyl (C=O) groups is 2. The Hall–Kier alpha value is -2.64. The zero-order valence-corrected chi connectivity index (χ0v) is 16.2. The van der Waals surface area contributed by atoms with Crippen molar-refractivity contribution in [1.82, 2.24) is 0 Å². The summed E-state index contributed by atoms with van der Waals surface area (Å²) < 4.78 is 38.6. The first-order valence-corrected chi connectivity index (χ1v) is 9.45. The van der Waals surface area contributed by atoms with E-state index in [2.05, 4.69) is 5.32 Å². The van der Waals surface area contributed by atoms with Crippen LogP contribution in [0.25, 0.3) is 0 Å². The number of hydrogen-bond acceptors (Lipinski definition) is 6. The van der Waals surface area contributed by atoms with Gasteiger partial charge in [0.1, 0.15) is 23.2 Å². The summed E-state index contributed by atoms with van der Waals surface area (Å²) in [5.74, 6) is -2.07. The zero-order chi connectivity index (χ0) is 20.4. The Morgan fingerprint density at radius 1 is 1.21 bits per heavy atom. The lowest BCUT2D eigenvalue weighted by Crippen LogP contribution is -2.51. The molecular weight excluding hydrogens is 370 g/mol. The summed E-state index contributed by atoms with van der Waals surface area (Å²) in [6.45, 7) is 5.90. The van der Waals surface area contributed by atoms with Crippen LogP contribution in [0.5, 0.6) is 0 Å². The van der Waals surface area contributed by atoms with Crippen LogP contribution >= 0.6 is 0 Å². The number of fused-ring (bicyclic) bond motifs is 2. The highest BCUT2D eigenvalue weighted by molar-refractivity contribution is 5.93. The average Bonchev–Trinajstić information content (AvgIpc) is 2.96. The minimum Gasteiger partial charge on any atom is -0.472 e. The molecule has 2 atom stereocenters. The maximum atomic E-state index is 13.7. The van der Waals surface area contributed by atoms with Crippen molar-refractivity contribution >= 4 is 23.1 Å². The molecule has 2 aliphatic heterocycles. The number of esters is 1. The average molecular weight is 394 g/mol. The van der Waals surface area contributed by atoms with E-state index >= 15 is 0 Å². The third kappa shape index (κ3) is 3.68. The molecule has 0 aliphatic carbocycles. The molecule has 1 aromatic carbocycles. The van der Waals surface area contributed by atoms with Crippen LogP contribution in [-0.2, 0) is 19.1 Å². The lowest BCUT2D eigenvalue weighted by Gasteiger charge is -2.40. The second-order valence-electron chi connectivity index (χ2n) is 6.84. The number of Topliss-reactive ketones (excluding diaryl/α,β-unsaturated/α-hetero) is 1. The highest BCUT2D eigenvalue weighted by Gasteiger charge is 2.46. The minimum absolute atomic E-state index is 0.000246. The Balaban J connectivity index is 1.78. The Morgan fingerprint density at radius 2 is 1.93 bits per heavy atom. The number of likely N-dealkylation sites (N-methyl/N-ethyl adjacent to an activating group) is 1. The van der Waals surface area contributed by atoms with Gasteiger partial charge in [-0.05, 0) is 20.3 Å². The van der Waals surface area contributed by atoms with E-state index in [-0.39, 0.29) is 18.8 Å². The molecule has 0 spiro atoms. The number of anilines is 2. The molecule has 2 heterocycles. The van der Waals surface area contributed by atoms with Crippen LogP contribution in [0.3, 0.4) is 0 Å². The number of ether oxygens (including phenoxy) is 2. The molecule has 0 saturated carbocycles. The van der Waals surface area contributed by atoms with Crippen LogP contribution in [0.15, 0.2) is 23.5 Å². The van der Waals surface area contributed by atoms with E-state index in [0.717, 1.165) is 18.6 Å². The van der Waals surface area contributed by atoms with Gasteiger partial charge < -0.3 is 19.7 Å². The van der Waals surface area contributed by atoms with E-state index in [0.29, 0.717) is 35.7 Å². The lowest BCUT2D eigenvalue weighted by molar-refractivity contribution is -0.140. The van der Waals surface area contributed by atoms with E-state index in [1.165, 1.54) is 0 Å². The first kappa shape index (κ1) is 20.1. The largest absolute Gasteiger partial charge is 0.472 e. The van der Waals surface area contributed by atoms with Crippen molar-refractivity contribution in [3.63, 3.8) is 0 Å². The smallest absolute Gasteiger partial charge is 0.339 e. The standard InChI is InChI=1S/C20H24F2N2O4/c1-4-6-12(25)7-8-27-20(26)17-11(3)28-19-18(17)23-15-9-13(21)14(22)10-16(15)24(19)5-2/h9-10,18-19,23H,4-8H2,1-3H3. The van der Waals surface area contributed by atoms with Gasteiger partial charge in [0.05, 0.1) is 18.0 Å². The number of carbonyl (C=O) groups excluding carboxylic acids is 2. The summed E-state index contributed by atoms with van der Waals surface area (Å²) in [4.78, 5) is 26.0. The van der Waals surface area contributed by atoms with E-state index in [1.54, 1.807) is 11.8 Å². The fourth-order valence-electron chi connectivity index (χ4n) is 3.62. The van der Waals surface area contributed by atoms with Gasteiger partial charge in [-0.2, -0.15) is 0 Å². The van der Waals surface area contributed by atoms with Crippen molar-refractivity contribution in [2.75, 3.05) is 23.4 Å². The third-order valence-corrected chi connectivity index (χ3v) is 4.94. The molecule has 3 rings (SSSR count). The first-order valence-electron chi connectivity index (χ1n) is 9.45. The number of nitrogens with one attached hydrogen (secondary N) is 1. The predicted octanol–water partition coefficient (Wildman–Crippen LogP) is 3.52. The summed E-state index contributed by atoms with van der Waals surface area (Å²) in [6, 6.07) is 1.60. The van der Waals surface area contributed by atoms with Crippen molar-refractivity contribution in [3.8, 4) is 0 Å². The Morgan fingerprint density at radius 3 is 2.61 bits per heavy atom. The van der Waals surface area contributed by atoms with Crippen LogP contribution in [0.4, 0.5) is 20.2 Å². The Kier molecular flexibility index (Phi) is 5.86. The quantitative estimate of drug-likeness (QED) is 0.714. The molecule has 2 aliphatic rings. The molecule has 1 aromatic rings. The molecule has 0 saturated heterocycles. The maximum absolute atomic E-state index is 13.7. The molecule has 6 nitrogen and oxygen atoms in total. The zero-order valence-electron chi connectivity index (χ0n) is 16.2. The van der Waals surface area contributed by atoms with Gasteiger partial charge in [0.15, 0.2) is 17.9 Å². The van der Waals surface area contributed by atoms with Crippen LogP contribution in [0.2, 0.25) is 0 Å². The van der Waals surface area contributed by atoms with Crippen molar-refractivity contribution in [1.29, 1.82) is 0 Å². The number of allylic oxidation sites excluding steroid dienone is 1. The van der Waals surface area contributed by atoms with Crippen LogP contribution < -0.4 is 10.2 Å². The number of nitrogens with zero attached hydrogens (tertiary/aromatic N) is 1. The summed E-state index contributed by atoms with van der Waals surface area (Å²) >= 11 is 0. The molecule has 0 amide bonds. The first-order chi connectivity index (χ1) is 13.4. The molecule has 0 aromatic heterocycles. The SMILES string of the molecule is CCCC(=O)CCOC(=O)C1=C(C)OC2C1Nc1cc(F)c(F)cc1N2CC. The third-order valence-electron chi connectivity index (χ3n) is 4.94. The van der Waals surface area contributed by atoms with Crippen LogP contribution in [-0.4, -0.2) is 37.2 Å². The van der Waals surface area contributed by atoms with Gasteiger partial charge in [-0.15, -0.1) is 0 Å². The molecule has 2 unspecified atom stereocenters. The van der Waals surface area contributed by atoms with Gasteiger partial charge in [-0.25, -0.2) is 13.6 Å². The van der Waals surface area contributed by atoms with Crippen LogP contribution in [0, 0.1) is 11.6 Å². The van der Waals surface area contributed by atoms with E-state index in [4.69, 9.17) is 9.47 Å². The van der Waals surface area contributed by atoms with Gasteiger partial charge in [0, 0.05) is 31.5 Å². The molecule has 0 fully saturated rings. The van der Waals surface area contributed by atoms with Gasteiger partial charge in [-0.3, -0.25) is 4.79 Å². The minimum atomic E-state index is -0.973. The summed E-state index contributed by atoms with van der Waals surface area (Å²) in [7, 11) is 0. The highest BCUT2D eigenvalue weighted by atomic mass is 19.2. The predicted molar refractivity (Wildman–Crippen MR) is 99.9 cm³/mol. The molecule has 0 radical (unpaired) electrons. The normalized spacial score (nSPS) is 20.2. The summed E-state index contributed by atoms with van der Waals surface area (Å²) in [5.41, 5.74) is 1.14. The van der Waals surface area contributed by atoms with E-state index in [9.17, 15) is 18.4 Å². The molecule has 8 heteroatoms. The van der Waals surface area contributed by atoms with Crippen molar-refractivity contribution in [2.45, 2.75) is 52.3 Å². The maximum Gasteiger partial charge on any atom is 0.339 e. The fourth-order valence-corrected chi connectivity index (χ4v) is 3.62. The van der Waals surface area contributed by atoms with E-state index < -0.39 is 29.9 Å². The van der Waals surface area contributed by atoms with Crippen molar-refractivity contribution in [3.05, 3.63) is 35.1 Å². The van der Waals surface area contributed by atoms with Crippen molar-refractivity contribution in [2.24, 2.45) is 0 Å². The fraction of sp³-hybridized carbons (Fsp3) is 0.500. The molecule has 28 heavy (non-hydrogen) atoms.